The molecule has 21 heavy (non-hydrogen) atoms. The summed E-state index contributed by atoms with van der Waals surface area (Å²) in [5, 5.41) is 1.08. The molecule has 1 N–H and O–H groups in total. The van der Waals surface area contributed by atoms with E-state index in [1.165, 1.54) is 0 Å². The Morgan fingerprint density at radius 1 is 1.14 bits per heavy atom. The molecule has 1 aromatic carbocycles. The molecular formula is C16H12N4S. The lowest BCUT2D eigenvalue weighted by Gasteiger charge is -2.06. The maximum Gasteiger partial charge on any atom is 0.183 e. The SMILES string of the molecule is Cc1ccc2[nH]c(=S)n(-c3ccc4ncccc4c3)c2n1. The molecule has 0 saturated heterocycles. The van der Waals surface area contributed by atoms with E-state index in [-0.39, 0.29) is 0 Å². The van der Waals surface area contributed by atoms with Crippen molar-refractivity contribution in [3.63, 3.8) is 0 Å². The van der Waals surface area contributed by atoms with E-state index in [0.717, 1.165) is 33.4 Å². The van der Waals surface area contributed by atoms with Gasteiger partial charge in [-0.05, 0) is 55.5 Å². The minimum Gasteiger partial charge on any atom is -0.329 e. The van der Waals surface area contributed by atoms with Gasteiger partial charge in [-0.1, -0.05) is 6.07 Å². The van der Waals surface area contributed by atoms with Crippen molar-refractivity contribution in [1.29, 1.82) is 0 Å². The third-order valence-electron chi connectivity index (χ3n) is 3.52. The summed E-state index contributed by atoms with van der Waals surface area (Å²) in [6.07, 6.45) is 1.80. The molecule has 4 aromatic rings. The molecule has 3 heterocycles. The van der Waals surface area contributed by atoms with Crippen LogP contribution in [-0.4, -0.2) is 19.5 Å². The third kappa shape index (κ3) is 1.94. The van der Waals surface area contributed by atoms with E-state index >= 15 is 0 Å². The van der Waals surface area contributed by atoms with Gasteiger partial charge in [-0.2, -0.15) is 0 Å². The molecule has 0 saturated carbocycles. The van der Waals surface area contributed by atoms with Crippen LogP contribution in [0.5, 0.6) is 0 Å². The Morgan fingerprint density at radius 2 is 2.05 bits per heavy atom. The predicted octanol–water partition coefficient (Wildman–Crippen LogP) is 3.94. The highest BCUT2D eigenvalue weighted by molar-refractivity contribution is 7.71. The first-order valence-corrected chi connectivity index (χ1v) is 7.07. The van der Waals surface area contributed by atoms with Gasteiger partial charge >= 0.3 is 0 Å². The van der Waals surface area contributed by atoms with Crippen LogP contribution in [0.3, 0.4) is 0 Å². The number of aromatic nitrogens is 4. The largest absolute Gasteiger partial charge is 0.329 e. The first kappa shape index (κ1) is 12.2. The number of aryl methyl sites for hydroxylation is 1. The molecule has 0 aliphatic carbocycles. The second-order valence-corrected chi connectivity index (χ2v) is 5.36. The molecule has 3 aromatic heterocycles. The van der Waals surface area contributed by atoms with Crippen molar-refractivity contribution in [1.82, 2.24) is 19.5 Å². The fraction of sp³-hybridized carbons (Fsp3) is 0.0625. The smallest absolute Gasteiger partial charge is 0.183 e. The Bertz CT molecular complexity index is 1030. The van der Waals surface area contributed by atoms with E-state index in [2.05, 4.69) is 21.0 Å². The third-order valence-corrected chi connectivity index (χ3v) is 3.80. The van der Waals surface area contributed by atoms with Crippen molar-refractivity contribution in [2.45, 2.75) is 6.92 Å². The maximum absolute atomic E-state index is 5.45. The highest BCUT2D eigenvalue weighted by Gasteiger charge is 2.08. The van der Waals surface area contributed by atoms with E-state index in [0.29, 0.717) is 4.77 Å². The van der Waals surface area contributed by atoms with Crippen molar-refractivity contribution >= 4 is 34.3 Å². The highest BCUT2D eigenvalue weighted by atomic mass is 32.1. The molecule has 0 atom stereocenters. The predicted molar refractivity (Wildman–Crippen MR) is 86.3 cm³/mol. The topological polar surface area (TPSA) is 46.5 Å². The van der Waals surface area contributed by atoms with Crippen molar-refractivity contribution in [2.24, 2.45) is 0 Å². The lowest BCUT2D eigenvalue weighted by atomic mass is 10.2. The summed E-state index contributed by atoms with van der Waals surface area (Å²) < 4.78 is 2.61. The van der Waals surface area contributed by atoms with Crippen LogP contribution in [0.1, 0.15) is 5.69 Å². The van der Waals surface area contributed by atoms with E-state index in [4.69, 9.17) is 12.2 Å². The van der Waals surface area contributed by atoms with Crippen LogP contribution in [0.4, 0.5) is 0 Å². The number of benzene rings is 1. The van der Waals surface area contributed by atoms with Crippen molar-refractivity contribution in [2.75, 3.05) is 0 Å². The first-order valence-electron chi connectivity index (χ1n) is 6.66. The summed E-state index contributed by atoms with van der Waals surface area (Å²) >= 11 is 5.45. The zero-order valence-corrected chi connectivity index (χ0v) is 12.2. The molecule has 0 bridgehead atoms. The Kier molecular flexibility index (Phi) is 2.62. The van der Waals surface area contributed by atoms with Crippen LogP contribution in [0.25, 0.3) is 27.8 Å². The van der Waals surface area contributed by atoms with Gasteiger partial charge in [0.2, 0.25) is 0 Å². The van der Waals surface area contributed by atoms with Crippen LogP contribution in [0, 0.1) is 11.7 Å². The van der Waals surface area contributed by atoms with Gasteiger partial charge in [0.05, 0.1) is 16.7 Å². The molecule has 0 amide bonds. The van der Waals surface area contributed by atoms with E-state index in [1.807, 2.05) is 47.9 Å². The molecule has 0 radical (unpaired) electrons. The van der Waals surface area contributed by atoms with Gasteiger partial charge in [0, 0.05) is 17.3 Å². The van der Waals surface area contributed by atoms with Gasteiger partial charge < -0.3 is 4.98 Å². The van der Waals surface area contributed by atoms with Crippen LogP contribution < -0.4 is 0 Å². The second-order valence-electron chi connectivity index (χ2n) is 4.97. The fourth-order valence-electron chi connectivity index (χ4n) is 2.52. The number of fused-ring (bicyclic) bond motifs is 2. The summed E-state index contributed by atoms with van der Waals surface area (Å²) in [6.45, 7) is 1.98. The van der Waals surface area contributed by atoms with Crippen LogP contribution in [-0.2, 0) is 0 Å². The number of nitrogens with one attached hydrogen (secondary N) is 1. The Morgan fingerprint density at radius 3 is 2.95 bits per heavy atom. The average Bonchev–Trinajstić information content (AvgIpc) is 2.82. The monoisotopic (exact) mass is 292 g/mol. The number of nitrogens with zero attached hydrogens (tertiary/aromatic N) is 3. The fourth-order valence-corrected chi connectivity index (χ4v) is 2.82. The standard InChI is InChI=1S/C16H12N4S/c1-10-4-6-14-15(18-10)20(16(21)19-14)12-5-7-13-11(9-12)3-2-8-17-13/h2-9H,1H3,(H,19,21). The van der Waals surface area contributed by atoms with Gasteiger partial charge in [0.15, 0.2) is 10.4 Å². The normalized spacial score (nSPS) is 11.3. The number of rotatable bonds is 1. The van der Waals surface area contributed by atoms with Gasteiger partial charge in [-0.25, -0.2) is 4.98 Å². The highest BCUT2D eigenvalue weighted by Crippen LogP contribution is 2.21. The van der Waals surface area contributed by atoms with E-state index in [1.54, 1.807) is 6.20 Å². The Hall–Kier alpha value is -2.53. The Labute approximate surface area is 126 Å². The maximum atomic E-state index is 5.45. The Balaban J connectivity index is 2.05. The number of hydrogen-bond donors (Lipinski definition) is 1. The second kappa shape index (κ2) is 4.49. The quantitative estimate of drug-likeness (QED) is 0.540. The zero-order chi connectivity index (χ0) is 14.4. The summed E-state index contributed by atoms with van der Waals surface area (Å²) in [5.74, 6) is 0. The molecule has 0 aliphatic heterocycles. The van der Waals surface area contributed by atoms with Gasteiger partial charge in [0.1, 0.15) is 0 Å². The summed E-state index contributed by atoms with van der Waals surface area (Å²) in [4.78, 5) is 12.1. The molecule has 4 nitrogen and oxygen atoms in total. The molecule has 0 spiro atoms. The lowest BCUT2D eigenvalue weighted by molar-refractivity contribution is 1.04. The van der Waals surface area contributed by atoms with E-state index in [9.17, 15) is 0 Å². The van der Waals surface area contributed by atoms with Crippen molar-refractivity contribution < 1.29 is 0 Å². The van der Waals surface area contributed by atoms with Crippen LogP contribution in [0.2, 0.25) is 0 Å². The summed E-state index contributed by atoms with van der Waals surface area (Å²) in [5.41, 5.74) is 4.72. The first-order chi connectivity index (χ1) is 10.2. The number of pyridine rings is 2. The summed E-state index contributed by atoms with van der Waals surface area (Å²) in [6, 6.07) is 14.1. The summed E-state index contributed by atoms with van der Waals surface area (Å²) in [7, 11) is 0. The number of imidazole rings is 1. The molecule has 0 fully saturated rings. The van der Waals surface area contributed by atoms with Crippen molar-refractivity contribution in [3.8, 4) is 5.69 Å². The minimum absolute atomic E-state index is 0.645. The number of hydrogen-bond acceptors (Lipinski definition) is 3. The van der Waals surface area contributed by atoms with Gasteiger partial charge in [-0.3, -0.25) is 9.55 Å². The van der Waals surface area contributed by atoms with Crippen LogP contribution >= 0.6 is 12.2 Å². The minimum atomic E-state index is 0.645. The van der Waals surface area contributed by atoms with Crippen molar-refractivity contribution in [3.05, 3.63) is 59.1 Å². The molecule has 5 heteroatoms. The number of H-pyrrole nitrogens is 1. The van der Waals surface area contributed by atoms with Crippen LogP contribution in [0.15, 0.2) is 48.7 Å². The number of aromatic amines is 1. The molecule has 4 rings (SSSR count). The molecule has 0 aliphatic rings. The zero-order valence-electron chi connectivity index (χ0n) is 11.4. The molecule has 102 valence electrons. The average molecular weight is 292 g/mol. The van der Waals surface area contributed by atoms with E-state index < -0.39 is 0 Å². The van der Waals surface area contributed by atoms with Gasteiger partial charge in [-0.15, -0.1) is 0 Å². The molecular weight excluding hydrogens is 280 g/mol. The lowest BCUT2D eigenvalue weighted by Crippen LogP contribution is -1.96. The van der Waals surface area contributed by atoms with Gasteiger partial charge in [0.25, 0.3) is 0 Å². The molecule has 0 unspecified atom stereocenters.